The minimum atomic E-state index is -0.310. The van der Waals surface area contributed by atoms with Crippen LogP contribution < -0.4 is 14.9 Å². The predicted octanol–water partition coefficient (Wildman–Crippen LogP) is 3.13. The van der Waals surface area contributed by atoms with Gasteiger partial charge in [0.25, 0.3) is 5.91 Å². The van der Waals surface area contributed by atoms with E-state index in [0.29, 0.717) is 31.1 Å². The Morgan fingerprint density at radius 2 is 1.97 bits per heavy atom. The maximum Gasteiger partial charge on any atom is 0.259 e. The van der Waals surface area contributed by atoms with Crippen LogP contribution in [-0.2, 0) is 16.2 Å². The van der Waals surface area contributed by atoms with Crippen molar-refractivity contribution in [3.63, 3.8) is 0 Å². The summed E-state index contributed by atoms with van der Waals surface area (Å²) in [7, 11) is 1.59. The molecule has 0 bridgehead atoms. The second kappa shape index (κ2) is 11.0. The molecule has 1 N–H and O–H groups in total. The highest BCUT2D eigenvalue weighted by Crippen LogP contribution is 2.28. The first-order chi connectivity index (χ1) is 14.7. The Morgan fingerprint density at radius 1 is 1.13 bits per heavy atom. The molecule has 7 nitrogen and oxygen atoms in total. The summed E-state index contributed by atoms with van der Waals surface area (Å²) in [5.74, 6) is 0.927. The van der Waals surface area contributed by atoms with Crippen LogP contribution in [0.5, 0.6) is 11.5 Å². The highest BCUT2D eigenvalue weighted by atomic mass is 16.5. The van der Waals surface area contributed by atoms with E-state index in [4.69, 9.17) is 9.47 Å². The van der Waals surface area contributed by atoms with Gasteiger partial charge in [0.1, 0.15) is 13.2 Å². The van der Waals surface area contributed by atoms with E-state index in [1.807, 2.05) is 36.4 Å². The molecular weight excluding hydrogens is 382 g/mol. The quantitative estimate of drug-likeness (QED) is 0.537. The Hall–Kier alpha value is -3.35. The van der Waals surface area contributed by atoms with Crippen molar-refractivity contribution in [3.05, 3.63) is 59.7 Å². The maximum absolute atomic E-state index is 12.1. The summed E-state index contributed by atoms with van der Waals surface area (Å²) in [6.07, 6.45) is 4.89. The molecule has 0 aliphatic carbocycles. The van der Waals surface area contributed by atoms with Gasteiger partial charge in [0, 0.05) is 13.0 Å². The monoisotopic (exact) mass is 409 g/mol. The van der Waals surface area contributed by atoms with Gasteiger partial charge in [-0.3, -0.25) is 9.59 Å². The largest absolute Gasteiger partial charge is 0.493 e. The number of nitrogens with one attached hydrogen (secondary N) is 1. The number of carbonyl (C=O) groups excluding carboxylic acids is 2. The van der Waals surface area contributed by atoms with Crippen molar-refractivity contribution in [3.8, 4) is 11.5 Å². The van der Waals surface area contributed by atoms with E-state index in [0.717, 1.165) is 30.4 Å². The third-order valence-corrected chi connectivity index (χ3v) is 4.83. The fourth-order valence-corrected chi connectivity index (χ4v) is 3.21. The molecule has 0 spiro atoms. The predicted molar refractivity (Wildman–Crippen MR) is 115 cm³/mol. The molecule has 30 heavy (non-hydrogen) atoms. The van der Waals surface area contributed by atoms with Gasteiger partial charge >= 0.3 is 0 Å². The van der Waals surface area contributed by atoms with Crippen molar-refractivity contribution in [2.45, 2.75) is 32.3 Å². The second-order valence-corrected chi connectivity index (χ2v) is 7.10. The number of benzene rings is 2. The van der Waals surface area contributed by atoms with Crippen LogP contribution in [0.25, 0.3) is 0 Å². The van der Waals surface area contributed by atoms with Gasteiger partial charge in [0.15, 0.2) is 11.5 Å². The summed E-state index contributed by atoms with van der Waals surface area (Å²) in [6, 6.07) is 15.3. The summed E-state index contributed by atoms with van der Waals surface area (Å²) in [6.45, 7) is 1.07. The third-order valence-electron chi connectivity index (χ3n) is 4.83. The fraction of sp³-hybridized carbons (Fsp3) is 0.348. The Bertz CT molecular complexity index is 883. The number of hydrazone groups is 1. The van der Waals surface area contributed by atoms with Gasteiger partial charge in [0.05, 0.1) is 13.3 Å². The Labute approximate surface area is 176 Å². The number of ether oxygens (including phenoxy) is 2. The smallest absolute Gasteiger partial charge is 0.259 e. The van der Waals surface area contributed by atoms with Crippen molar-refractivity contribution in [2.24, 2.45) is 5.10 Å². The molecule has 7 heteroatoms. The van der Waals surface area contributed by atoms with Crippen LogP contribution in [-0.4, -0.2) is 43.1 Å². The highest BCUT2D eigenvalue weighted by Gasteiger charge is 2.18. The molecule has 3 rings (SSSR count). The first kappa shape index (κ1) is 21.4. The molecule has 0 saturated carbocycles. The lowest BCUT2D eigenvalue weighted by Crippen LogP contribution is -2.39. The van der Waals surface area contributed by atoms with Gasteiger partial charge in [0.2, 0.25) is 5.91 Å². The van der Waals surface area contributed by atoms with E-state index in [1.165, 1.54) is 6.21 Å². The van der Waals surface area contributed by atoms with Gasteiger partial charge in [-0.05, 0) is 42.2 Å². The number of amides is 2. The van der Waals surface area contributed by atoms with Gasteiger partial charge in [-0.1, -0.05) is 36.8 Å². The maximum atomic E-state index is 12.1. The molecule has 2 amide bonds. The average molecular weight is 409 g/mol. The van der Waals surface area contributed by atoms with Crippen molar-refractivity contribution < 1.29 is 19.1 Å². The zero-order chi connectivity index (χ0) is 21.2. The molecule has 0 radical (unpaired) electrons. The van der Waals surface area contributed by atoms with Crippen LogP contribution in [0, 0.1) is 0 Å². The summed E-state index contributed by atoms with van der Waals surface area (Å²) in [4.78, 5) is 25.7. The molecule has 1 aliphatic rings. The molecule has 0 unspecified atom stereocenters. The molecule has 1 heterocycles. The van der Waals surface area contributed by atoms with Crippen LogP contribution in [0.3, 0.4) is 0 Å². The summed E-state index contributed by atoms with van der Waals surface area (Å²) < 4.78 is 11.2. The summed E-state index contributed by atoms with van der Waals surface area (Å²) in [5, 5.41) is 4.01. The molecule has 2 aromatic rings. The zero-order valence-electron chi connectivity index (χ0n) is 17.2. The SMILES string of the molecule is COc1ccc(/C=N\NC(=O)CN2CCCCCC2=O)cc1OCc1ccccc1. The highest BCUT2D eigenvalue weighted by molar-refractivity contribution is 5.86. The van der Waals surface area contributed by atoms with Gasteiger partial charge in [-0.2, -0.15) is 5.10 Å². The molecule has 2 aromatic carbocycles. The Kier molecular flexibility index (Phi) is 7.83. The molecule has 0 aromatic heterocycles. The molecular formula is C23H27N3O4. The van der Waals surface area contributed by atoms with Crippen LogP contribution >= 0.6 is 0 Å². The Morgan fingerprint density at radius 3 is 2.77 bits per heavy atom. The van der Waals surface area contributed by atoms with E-state index in [1.54, 1.807) is 24.1 Å². The molecule has 1 aliphatic heterocycles. The van der Waals surface area contributed by atoms with Gasteiger partial charge in [-0.15, -0.1) is 0 Å². The summed E-state index contributed by atoms with van der Waals surface area (Å²) in [5.41, 5.74) is 4.29. The number of methoxy groups -OCH3 is 1. The van der Waals surface area contributed by atoms with Crippen molar-refractivity contribution >= 4 is 18.0 Å². The average Bonchev–Trinajstić information content (AvgIpc) is 2.97. The standard InChI is InChI=1S/C23H27N3O4/c1-29-20-12-11-19(14-21(20)30-17-18-8-4-2-5-9-18)15-24-25-22(27)16-26-13-7-3-6-10-23(26)28/h2,4-5,8-9,11-12,14-15H,3,6-7,10,13,16-17H2,1H3,(H,25,27)/b24-15-. The molecule has 1 saturated heterocycles. The van der Waals surface area contributed by atoms with Crippen LogP contribution in [0.2, 0.25) is 0 Å². The van der Waals surface area contributed by atoms with Gasteiger partial charge in [-0.25, -0.2) is 5.43 Å². The number of hydrogen-bond donors (Lipinski definition) is 1. The van der Waals surface area contributed by atoms with Crippen LogP contribution in [0.1, 0.15) is 36.8 Å². The number of likely N-dealkylation sites (tertiary alicyclic amines) is 1. The van der Waals surface area contributed by atoms with Crippen LogP contribution in [0.4, 0.5) is 0 Å². The number of rotatable bonds is 8. The lowest BCUT2D eigenvalue weighted by molar-refractivity contribution is -0.135. The van der Waals surface area contributed by atoms with E-state index in [9.17, 15) is 9.59 Å². The molecule has 0 atom stereocenters. The number of nitrogens with zero attached hydrogens (tertiary/aromatic N) is 2. The first-order valence-electron chi connectivity index (χ1n) is 10.1. The van der Waals surface area contributed by atoms with E-state index in [-0.39, 0.29) is 18.4 Å². The molecule has 158 valence electrons. The van der Waals surface area contributed by atoms with E-state index >= 15 is 0 Å². The normalized spacial score (nSPS) is 14.4. The topological polar surface area (TPSA) is 80.2 Å². The minimum Gasteiger partial charge on any atom is -0.493 e. The van der Waals surface area contributed by atoms with E-state index < -0.39 is 0 Å². The fourth-order valence-electron chi connectivity index (χ4n) is 3.21. The van der Waals surface area contributed by atoms with Gasteiger partial charge < -0.3 is 14.4 Å². The first-order valence-corrected chi connectivity index (χ1v) is 10.1. The Balaban J connectivity index is 1.56. The minimum absolute atomic E-state index is 0.0296. The molecule has 1 fully saturated rings. The van der Waals surface area contributed by atoms with E-state index in [2.05, 4.69) is 10.5 Å². The second-order valence-electron chi connectivity index (χ2n) is 7.10. The summed E-state index contributed by atoms with van der Waals surface area (Å²) >= 11 is 0. The van der Waals surface area contributed by atoms with Crippen molar-refractivity contribution in [1.82, 2.24) is 10.3 Å². The van der Waals surface area contributed by atoms with Crippen molar-refractivity contribution in [2.75, 3.05) is 20.2 Å². The van der Waals surface area contributed by atoms with Crippen LogP contribution in [0.15, 0.2) is 53.6 Å². The zero-order valence-corrected chi connectivity index (χ0v) is 17.2. The lowest BCUT2D eigenvalue weighted by atomic mass is 10.2. The number of carbonyl (C=O) groups is 2. The third kappa shape index (κ3) is 6.34. The van der Waals surface area contributed by atoms with Crippen molar-refractivity contribution in [1.29, 1.82) is 0 Å². The number of hydrogen-bond acceptors (Lipinski definition) is 5. The lowest BCUT2D eigenvalue weighted by Gasteiger charge is -2.18.